The molecule has 0 unspecified atom stereocenters. The van der Waals surface area contributed by atoms with Crippen molar-refractivity contribution in [2.45, 2.75) is 44.1 Å². The second-order valence-electron chi connectivity index (χ2n) is 7.73. The zero-order valence-corrected chi connectivity index (χ0v) is 17.8. The Balaban J connectivity index is 0.00000300. The highest BCUT2D eigenvalue weighted by atomic mass is 35.5. The van der Waals surface area contributed by atoms with E-state index < -0.39 is 5.54 Å². The summed E-state index contributed by atoms with van der Waals surface area (Å²) in [4.78, 5) is 43.0. The van der Waals surface area contributed by atoms with Gasteiger partial charge in [-0.05, 0) is 24.8 Å². The average molecular weight is 423 g/mol. The van der Waals surface area contributed by atoms with Crippen LogP contribution in [0.4, 0.5) is 4.79 Å². The van der Waals surface area contributed by atoms with Gasteiger partial charge in [-0.25, -0.2) is 4.79 Å². The van der Waals surface area contributed by atoms with Gasteiger partial charge in [-0.1, -0.05) is 49.6 Å². The van der Waals surface area contributed by atoms with Crippen LogP contribution in [0.3, 0.4) is 0 Å². The molecule has 1 saturated heterocycles. The number of imide groups is 1. The molecule has 1 aromatic rings. The lowest BCUT2D eigenvalue weighted by atomic mass is 9.81. The molecule has 8 heteroatoms. The monoisotopic (exact) mass is 422 g/mol. The second kappa shape index (κ2) is 10.1. The van der Waals surface area contributed by atoms with Gasteiger partial charge in [0.1, 0.15) is 12.1 Å². The molecular formula is C21H31ClN4O3. The fourth-order valence-electron chi connectivity index (χ4n) is 4.33. The molecule has 0 atom stereocenters. The summed E-state index contributed by atoms with van der Waals surface area (Å²) in [5.41, 5.74) is 6.06. The first-order chi connectivity index (χ1) is 13.5. The second-order valence-corrected chi connectivity index (χ2v) is 7.73. The van der Waals surface area contributed by atoms with E-state index >= 15 is 0 Å². The van der Waals surface area contributed by atoms with Crippen LogP contribution in [-0.4, -0.2) is 71.3 Å². The Kier molecular flexibility index (Phi) is 8.05. The SMILES string of the molecule is CN1C(=O)N(CC(=O)N(CCN)CCc2ccccc2)C(=O)C12CCCCC2.Cl. The van der Waals surface area contributed by atoms with Gasteiger partial charge in [-0.3, -0.25) is 14.5 Å². The van der Waals surface area contributed by atoms with E-state index in [4.69, 9.17) is 5.73 Å². The lowest BCUT2D eigenvalue weighted by molar-refractivity contribution is -0.140. The number of amides is 4. The van der Waals surface area contributed by atoms with Crippen LogP contribution in [0.1, 0.15) is 37.7 Å². The lowest BCUT2D eigenvalue weighted by Gasteiger charge is -2.35. The lowest BCUT2D eigenvalue weighted by Crippen LogP contribution is -2.50. The van der Waals surface area contributed by atoms with Gasteiger partial charge < -0.3 is 15.5 Å². The van der Waals surface area contributed by atoms with Crippen molar-refractivity contribution in [3.05, 3.63) is 35.9 Å². The summed E-state index contributed by atoms with van der Waals surface area (Å²) >= 11 is 0. The van der Waals surface area contributed by atoms with Crippen LogP contribution in [0, 0.1) is 0 Å². The van der Waals surface area contributed by atoms with E-state index in [0.717, 1.165) is 29.7 Å². The van der Waals surface area contributed by atoms with E-state index in [-0.39, 0.29) is 36.8 Å². The van der Waals surface area contributed by atoms with Gasteiger partial charge in [-0.15, -0.1) is 12.4 Å². The minimum atomic E-state index is -0.752. The van der Waals surface area contributed by atoms with Crippen molar-refractivity contribution in [1.29, 1.82) is 0 Å². The highest BCUT2D eigenvalue weighted by molar-refractivity contribution is 6.08. The number of nitrogens with two attached hydrogens (primary N) is 1. The highest BCUT2D eigenvalue weighted by Crippen LogP contribution is 2.39. The summed E-state index contributed by atoms with van der Waals surface area (Å²) < 4.78 is 0. The Bertz CT molecular complexity index is 722. The van der Waals surface area contributed by atoms with Gasteiger partial charge in [-0.2, -0.15) is 0 Å². The van der Waals surface area contributed by atoms with Crippen LogP contribution in [0.5, 0.6) is 0 Å². The van der Waals surface area contributed by atoms with Gasteiger partial charge in [0, 0.05) is 26.7 Å². The summed E-state index contributed by atoms with van der Waals surface area (Å²) in [6.07, 6.45) is 5.01. The van der Waals surface area contributed by atoms with Crippen molar-refractivity contribution in [1.82, 2.24) is 14.7 Å². The predicted octanol–water partition coefficient (Wildman–Crippen LogP) is 2.04. The number of hydrogen-bond donors (Lipinski definition) is 1. The Morgan fingerprint density at radius 1 is 1.10 bits per heavy atom. The molecule has 2 N–H and O–H groups in total. The molecule has 29 heavy (non-hydrogen) atoms. The Morgan fingerprint density at radius 3 is 2.38 bits per heavy atom. The van der Waals surface area contributed by atoms with Gasteiger partial charge in [0.05, 0.1) is 0 Å². The number of carbonyl (C=O) groups excluding carboxylic acids is 3. The number of hydrogen-bond acceptors (Lipinski definition) is 4. The predicted molar refractivity (Wildman–Crippen MR) is 114 cm³/mol. The molecule has 4 amide bonds. The molecule has 2 aliphatic rings. The number of benzene rings is 1. The molecule has 0 aromatic heterocycles. The molecule has 1 aliphatic heterocycles. The Morgan fingerprint density at radius 2 is 1.76 bits per heavy atom. The number of halogens is 1. The molecule has 7 nitrogen and oxygen atoms in total. The number of nitrogens with zero attached hydrogens (tertiary/aromatic N) is 3. The van der Waals surface area contributed by atoms with Gasteiger partial charge in [0.2, 0.25) is 5.91 Å². The highest BCUT2D eigenvalue weighted by Gasteiger charge is 2.55. The van der Waals surface area contributed by atoms with Crippen LogP contribution in [0.25, 0.3) is 0 Å². The first-order valence-electron chi connectivity index (χ1n) is 10.1. The largest absolute Gasteiger partial charge is 0.340 e. The molecule has 1 aliphatic carbocycles. The molecule has 1 heterocycles. The normalized spacial score (nSPS) is 18.1. The molecule has 3 rings (SSSR count). The smallest absolute Gasteiger partial charge is 0.327 e. The fourth-order valence-corrected chi connectivity index (χ4v) is 4.33. The zero-order valence-electron chi connectivity index (χ0n) is 17.0. The number of rotatable bonds is 7. The van der Waals surface area contributed by atoms with E-state index in [0.29, 0.717) is 38.9 Å². The quantitative estimate of drug-likeness (QED) is 0.681. The molecule has 160 valence electrons. The maximum atomic E-state index is 13.1. The van der Waals surface area contributed by atoms with Crippen LogP contribution in [0.2, 0.25) is 0 Å². The molecule has 1 aromatic carbocycles. The number of likely N-dealkylation sites (N-methyl/N-ethyl adjacent to an activating group) is 1. The Labute approximate surface area is 178 Å². The van der Waals surface area contributed by atoms with Crippen LogP contribution >= 0.6 is 12.4 Å². The van der Waals surface area contributed by atoms with Crippen molar-refractivity contribution in [3.63, 3.8) is 0 Å². The standard InChI is InChI=1S/C21H30N4O3.ClH/c1-23-20(28)25(19(27)21(23)11-6-3-7-12-21)16-18(26)24(15-13-22)14-10-17-8-4-2-5-9-17;/h2,4-5,8-9H,3,6-7,10-16,22H2,1H3;1H. The molecule has 1 saturated carbocycles. The van der Waals surface area contributed by atoms with Crippen molar-refractivity contribution in [2.75, 3.05) is 33.2 Å². The number of urea groups is 1. The molecule has 0 bridgehead atoms. The first-order valence-corrected chi connectivity index (χ1v) is 10.1. The van der Waals surface area contributed by atoms with Crippen LogP contribution in [-0.2, 0) is 16.0 Å². The minimum Gasteiger partial charge on any atom is -0.340 e. The summed E-state index contributed by atoms with van der Waals surface area (Å²) in [5, 5.41) is 0. The Hall–Kier alpha value is -2.12. The van der Waals surface area contributed by atoms with Crippen LogP contribution in [0.15, 0.2) is 30.3 Å². The van der Waals surface area contributed by atoms with Crippen LogP contribution < -0.4 is 5.73 Å². The third-order valence-corrected chi connectivity index (χ3v) is 6.04. The van der Waals surface area contributed by atoms with Crippen molar-refractivity contribution >= 4 is 30.3 Å². The van der Waals surface area contributed by atoms with E-state index in [1.165, 1.54) is 0 Å². The summed E-state index contributed by atoms with van der Waals surface area (Å²) in [5.74, 6) is -0.451. The van der Waals surface area contributed by atoms with Crippen molar-refractivity contribution < 1.29 is 14.4 Å². The number of carbonyl (C=O) groups is 3. The maximum absolute atomic E-state index is 13.1. The van der Waals surface area contributed by atoms with Gasteiger partial charge >= 0.3 is 6.03 Å². The molecular weight excluding hydrogens is 392 g/mol. The van der Waals surface area contributed by atoms with Gasteiger partial charge in [0.15, 0.2) is 0 Å². The maximum Gasteiger partial charge on any atom is 0.327 e. The van der Waals surface area contributed by atoms with E-state index in [9.17, 15) is 14.4 Å². The third-order valence-electron chi connectivity index (χ3n) is 6.04. The molecule has 2 fully saturated rings. The average Bonchev–Trinajstić information content (AvgIpc) is 2.88. The summed E-state index contributed by atoms with van der Waals surface area (Å²) in [6, 6.07) is 9.54. The van der Waals surface area contributed by atoms with E-state index in [1.807, 2.05) is 30.3 Å². The van der Waals surface area contributed by atoms with Crippen molar-refractivity contribution in [3.8, 4) is 0 Å². The summed E-state index contributed by atoms with van der Waals surface area (Å²) in [6.45, 7) is 1.05. The molecule has 0 radical (unpaired) electrons. The minimum absolute atomic E-state index is 0. The zero-order chi connectivity index (χ0) is 20.1. The molecule has 1 spiro atoms. The topological polar surface area (TPSA) is 87.0 Å². The first kappa shape index (κ1) is 23.2. The van der Waals surface area contributed by atoms with Crippen molar-refractivity contribution in [2.24, 2.45) is 5.73 Å². The van der Waals surface area contributed by atoms with E-state index in [2.05, 4.69) is 0 Å². The fraction of sp³-hybridized carbons (Fsp3) is 0.571. The van der Waals surface area contributed by atoms with Gasteiger partial charge in [0.25, 0.3) is 5.91 Å². The summed E-state index contributed by atoms with van der Waals surface area (Å²) in [7, 11) is 1.68. The third kappa shape index (κ3) is 4.73. The van der Waals surface area contributed by atoms with E-state index in [1.54, 1.807) is 16.8 Å².